The number of hydrogen-bond acceptors (Lipinski definition) is 4. The van der Waals surface area contributed by atoms with E-state index in [1.165, 1.54) is 11.8 Å². The SMILES string of the molecule is CN/C(SC)=C(\C#N)C(=O)O. The molecule has 0 aromatic carbocycles. The summed E-state index contributed by atoms with van der Waals surface area (Å²) in [6.45, 7) is 0. The van der Waals surface area contributed by atoms with Crippen LogP contribution in [0.3, 0.4) is 0 Å². The van der Waals surface area contributed by atoms with Gasteiger partial charge in [0.1, 0.15) is 6.07 Å². The van der Waals surface area contributed by atoms with E-state index in [9.17, 15) is 4.79 Å². The first kappa shape index (κ1) is 9.85. The number of nitriles is 1. The van der Waals surface area contributed by atoms with E-state index in [0.29, 0.717) is 5.03 Å². The molecule has 0 amide bonds. The first-order valence-electron chi connectivity index (χ1n) is 2.76. The van der Waals surface area contributed by atoms with Gasteiger partial charge in [0, 0.05) is 7.05 Å². The number of carboxylic acid groups (broad SMARTS) is 1. The minimum atomic E-state index is -1.20. The molecule has 0 aliphatic carbocycles. The van der Waals surface area contributed by atoms with Gasteiger partial charge in [0.2, 0.25) is 0 Å². The van der Waals surface area contributed by atoms with Gasteiger partial charge in [-0.05, 0) is 6.26 Å². The molecule has 11 heavy (non-hydrogen) atoms. The van der Waals surface area contributed by atoms with Gasteiger partial charge in [0.15, 0.2) is 5.57 Å². The molecule has 60 valence electrons. The number of rotatable bonds is 3. The number of carbonyl (C=O) groups is 1. The van der Waals surface area contributed by atoms with Gasteiger partial charge in [0.05, 0.1) is 5.03 Å². The van der Waals surface area contributed by atoms with Crippen LogP contribution in [0.15, 0.2) is 10.6 Å². The molecule has 4 nitrogen and oxygen atoms in total. The molecular weight excluding hydrogens is 164 g/mol. The second-order valence-corrected chi connectivity index (χ2v) is 2.39. The number of thioether (sulfide) groups is 1. The van der Waals surface area contributed by atoms with E-state index >= 15 is 0 Å². The molecule has 0 spiro atoms. The summed E-state index contributed by atoms with van der Waals surface area (Å²) in [5, 5.41) is 19.9. The summed E-state index contributed by atoms with van der Waals surface area (Å²) in [5.41, 5.74) is -0.250. The third-order valence-corrected chi connectivity index (χ3v) is 1.80. The molecular formula is C6H8N2O2S. The lowest BCUT2D eigenvalue weighted by atomic mass is 10.3. The highest BCUT2D eigenvalue weighted by atomic mass is 32.2. The first-order valence-corrected chi connectivity index (χ1v) is 3.99. The largest absolute Gasteiger partial charge is 0.477 e. The molecule has 0 saturated carbocycles. The zero-order valence-electron chi connectivity index (χ0n) is 6.21. The van der Waals surface area contributed by atoms with Gasteiger partial charge in [-0.1, -0.05) is 0 Å². The third-order valence-electron chi connectivity index (χ3n) is 0.984. The highest BCUT2D eigenvalue weighted by Crippen LogP contribution is 2.12. The molecule has 0 aromatic rings. The van der Waals surface area contributed by atoms with Crippen LogP contribution in [-0.4, -0.2) is 24.4 Å². The molecule has 0 aliphatic heterocycles. The van der Waals surface area contributed by atoms with E-state index < -0.39 is 5.97 Å². The van der Waals surface area contributed by atoms with Crippen LogP contribution in [0.25, 0.3) is 0 Å². The molecule has 0 aliphatic rings. The summed E-state index contributed by atoms with van der Waals surface area (Å²) in [6, 6.07) is 1.60. The lowest BCUT2D eigenvalue weighted by Gasteiger charge is -2.01. The van der Waals surface area contributed by atoms with E-state index in [0.717, 1.165) is 0 Å². The van der Waals surface area contributed by atoms with Crippen LogP contribution in [0, 0.1) is 11.3 Å². The number of carboxylic acids is 1. The molecule has 0 fully saturated rings. The second-order valence-electron chi connectivity index (χ2n) is 1.58. The van der Waals surface area contributed by atoms with Crippen LogP contribution >= 0.6 is 11.8 Å². The Morgan fingerprint density at radius 2 is 2.27 bits per heavy atom. The highest BCUT2D eigenvalue weighted by Gasteiger charge is 2.11. The Balaban J connectivity index is 4.82. The predicted molar refractivity (Wildman–Crippen MR) is 42.8 cm³/mol. The smallest absolute Gasteiger partial charge is 0.349 e. The van der Waals surface area contributed by atoms with Crippen molar-refractivity contribution in [1.29, 1.82) is 5.26 Å². The summed E-state index contributed by atoms with van der Waals surface area (Å²) < 4.78 is 0. The maximum Gasteiger partial charge on any atom is 0.349 e. The highest BCUT2D eigenvalue weighted by molar-refractivity contribution is 8.02. The molecule has 0 saturated heterocycles. The fourth-order valence-electron chi connectivity index (χ4n) is 0.525. The monoisotopic (exact) mass is 172 g/mol. The van der Waals surface area contributed by atoms with Crippen molar-refractivity contribution in [3.63, 3.8) is 0 Å². The normalized spacial score (nSPS) is 11.4. The lowest BCUT2D eigenvalue weighted by molar-refractivity contribution is -0.132. The molecule has 0 unspecified atom stereocenters. The maximum atomic E-state index is 10.4. The van der Waals surface area contributed by atoms with Crippen molar-refractivity contribution in [1.82, 2.24) is 5.32 Å². The van der Waals surface area contributed by atoms with Gasteiger partial charge in [0.25, 0.3) is 0 Å². The molecule has 0 radical (unpaired) electrons. The lowest BCUT2D eigenvalue weighted by Crippen LogP contribution is -2.10. The predicted octanol–water partition coefficient (Wildman–Crippen LogP) is 0.389. The van der Waals surface area contributed by atoms with E-state index in [1.54, 1.807) is 19.4 Å². The minimum Gasteiger partial charge on any atom is -0.477 e. The van der Waals surface area contributed by atoms with Crippen LogP contribution in [0.2, 0.25) is 0 Å². The first-order chi connectivity index (χ1) is 5.17. The maximum absolute atomic E-state index is 10.4. The molecule has 0 heterocycles. The summed E-state index contributed by atoms with van der Waals surface area (Å²) in [7, 11) is 1.58. The second kappa shape index (κ2) is 4.63. The van der Waals surface area contributed by atoms with Crippen molar-refractivity contribution in [2.24, 2.45) is 0 Å². The van der Waals surface area contributed by atoms with E-state index in [-0.39, 0.29) is 5.57 Å². The van der Waals surface area contributed by atoms with Gasteiger partial charge in [-0.3, -0.25) is 0 Å². The standard InChI is InChI=1S/C6H8N2O2S/c1-8-5(11-2)4(3-7)6(9)10/h8H,1-2H3,(H,9,10)/b5-4-. The van der Waals surface area contributed by atoms with Crippen LogP contribution in [0.1, 0.15) is 0 Å². The Bertz CT molecular complexity index is 223. The number of hydrogen-bond donors (Lipinski definition) is 2. The average molecular weight is 172 g/mol. The van der Waals surface area contributed by atoms with E-state index in [1.807, 2.05) is 0 Å². The zero-order valence-corrected chi connectivity index (χ0v) is 7.03. The summed E-state index contributed by atoms with van der Waals surface area (Å²) in [5.74, 6) is -1.20. The third kappa shape index (κ3) is 2.51. The Morgan fingerprint density at radius 3 is 2.36 bits per heavy atom. The van der Waals surface area contributed by atoms with Gasteiger partial charge >= 0.3 is 5.97 Å². The Labute approximate surface area is 68.9 Å². The number of nitrogens with zero attached hydrogens (tertiary/aromatic N) is 1. The minimum absolute atomic E-state index is 0.250. The number of nitrogens with one attached hydrogen (secondary N) is 1. The zero-order chi connectivity index (χ0) is 8.85. The van der Waals surface area contributed by atoms with Crippen molar-refractivity contribution in [2.75, 3.05) is 13.3 Å². The summed E-state index contributed by atoms with van der Waals surface area (Å²) in [4.78, 5) is 10.4. The van der Waals surface area contributed by atoms with Gasteiger partial charge < -0.3 is 10.4 Å². The van der Waals surface area contributed by atoms with Crippen LogP contribution in [0.4, 0.5) is 0 Å². The summed E-state index contributed by atoms with van der Waals surface area (Å²) >= 11 is 1.20. The molecule has 0 rings (SSSR count). The molecule has 0 bridgehead atoms. The van der Waals surface area contributed by atoms with Gasteiger partial charge in [-0.2, -0.15) is 5.26 Å². The molecule has 5 heteroatoms. The van der Waals surface area contributed by atoms with Crippen molar-refractivity contribution >= 4 is 17.7 Å². The van der Waals surface area contributed by atoms with Gasteiger partial charge in [-0.15, -0.1) is 11.8 Å². The van der Waals surface area contributed by atoms with Crippen LogP contribution < -0.4 is 5.32 Å². The summed E-state index contributed by atoms with van der Waals surface area (Å²) in [6.07, 6.45) is 1.70. The average Bonchev–Trinajstić information content (AvgIpc) is 1.99. The van der Waals surface area contributed by atoms with Crippen LogP contribution in [0.5, 0.6) is 0 Å². The fourth-order valence-corrected chi connectivity index (χ4v) is 1.07. The molecule has 0 atom stereocenters. The van der Waals surface area contributed by atoms with Crippen molar-refractivity contribution in [2.45, 2.75) is 0 Å². The Hall–Kier alpha value is -1.15. The van der Waals surface area contributed by atoms with Crippen LogP contribution in [-0.2, 0) is 4.79 Å². The van der Waals surface area contributed by atoms with E-state index in [2.05, 4.69) is 5.32 Å². The topological polar surface area (TPSA) is 73.1 Å². The van der Waals surface area contributed by atoms with E-state index in [4.69, 9.17) is 10.4 Å². The molecule has 2 N–H and O–H groups in total. The molecule has 0 aromatic heterocycles. The quantitative estimate of drug-likeness (QED) is 0.476. The van der Waals surface area contributed by atoms with Crippen molar-refractivity contribution in [3.05, 3.63) is 10.6 Å². The van der Waals surface area contributed by atoms with Crippen molar-refractivity contribution in [3.8, 4) is 6.07 Å². The van der Waals surface area contributed by atoms with Gasteiger partial charge in [-0.25, -0.2) is 4.79 Å². The van der Waals surface area contributed by atoms with Crippen molar-refractivity contribution < 1.29 is 9.90 Å². The Morgan fingerprint density at radius 1 is 1.73 bits per heavy atom. The Kier molecular flexibility index (Phi) is 4.15. The number of aliphatic carboxylic acids is 1. The fraction of sp³-hybridized carbons (Fsp3) is 0.333.